The molecule has 212 valence electrons. The molecule has 8 atom stereocenters. The van der Waals surface area contributed by atoms with E-state index in [1.165, 1.54) is 0 Å². The Labute approximate surface area is 229 Å². The number of amides is 5. The molecule has 10 heteroatoms. The summed E-state index contributed by atoms with van der Waals surface area (Å²) in [5, 5.41) is 8.68. The third-order valence-electron chi connectivity index (χ3n) is 10.6. The van der Waals surface area contributed by atoms with E-state index in [1.807, 2.05) is 20.8 Å². The van der Waals surface area contributed by atoms with Crippen LogP contribution in [-0.4, -0.2) is 65.7 Å². The van der Waals surface area contributed by atoms with Crippen molar-refractivity contribution in [2.75, 3.05) is 13.1 Å². The van der Waals surface area contributed by atoms with Crippen LogP contribution >= 0.6 is 0 Å². The number of primary amides is 1. The lowest BCUT2D eigenvalue weighted by Gasteiger charge is -2.60. The summed E-state index contributed by atoms with van der Waals surface area (Å²) in [5.41, 5.74) is 4.79. The SMILES string of the molecule is CC(C)(C)[C@H](NC(=O)C12CC(C1)C2)C(=O)N1C[C@H]2[C@@H]([C@H]1C(=O)N[C@@H](C[C@@H]1CCNC1=O)C(N)=O)[C@H]1C=C[C@@H]2C1. The van der Waals surface area contributed by atoms with Gasteiger partial charge in [-0.25, -0.2) is 0 Å². The Bertz CT molecular complexity index is 1130. The molecule has 5 aliphatic carbocycles. The Balaban J connectivity index is 1.24. The van der Waals surface area contributed by atoms with E-state index in [2.05, 4.69) is 28.1 Å². The standard InChI is InChI=1S/C29H41N5O5/c1-28(2,3)22(33-27(39)29-10-14(11-29)12-29)26(38)34-13-18-15-4-5-16(8-15)20(18)21(34)25(37)32-19(23(30)35)9-17-6-7-31-24(17)36/h4-5,14-22H,6-13H2,1-3H3,(H2,30,35)(H,31,36)(H,32,37)(H,33,39)/t14?,15-,16+,17+,18-,19+,20+,21+,22-,29?/m1/s1. The summed E-state index contributed by atoms with van der Waals surface area (Å²) in [6.07, 6.45) is 8.72. The quantitative estimate of drug-likeness (QED) is 0.331. The number of nitrogens with one attached hydrogen (secondary N) is 3. The number of allylic oxidation sites excluding steroid dienone is 2. The second kappa shape index (κ2) is 9.06. The molecule has 2 saturated heterocycles. The summed E-state index contributed by atoms with van der Waals surface area (Å²) in [6, 6.07) is -2.54. The lowest BCUT2D eigenvalue weighted by molar-refractivity contribution is -0.168. The van der Waals surface area contributed by atoms with Gasteiger partial charge in [0.2, 0.25) is 29.5 Å². The van der Waals surface area contributed by atoms with Gasteiger partial charge in [-0.05, 0) is 73.5 Å². The van der Waals surface area contributed by atoms with E-state index in [-0.39, 0.29) is 53.2 Å². The maximum absolute atomic E-state index is 14.3. The Morgan fingerprint density at radius 1 is 1.13 bits per heavy atom. The van der Waals surface area contributed by atoms with Crippen LogP contribution in [0, 0.1) is 46.3 Å². The first-order valence-corrected chi connectivity index (χ1v) is 14.5. The van der Waals surface area contributed by atoms with Gasteiger partial charge in [0.15, 0.2) is 0 Å². The molecule has 0 spiro atoms. The minimum Gasteiger partial charge on any atom is -0.368 e. The van der Waals surface area contributed by atoms with Gasteiger partial charge < -0.3 is 26.6 Å². The van der Waals surface area contributed by atoms with Crippen molar-refractivity contribution in [2.45, 2.75) is 77.4 Å². The van der Waals surface area contributed by atoms with E-state index in [4.69, 9.17) is 5.73 Å². The van der Waals surface area contributed by atoms with Crippen molar-refractivity contribution in [3.8, 4) is 0 Å². The van der Waals surface area contributed by atoms with Crippen molar-refractivity contribution in [2.24, 2.45) is 52.1 Å². The minimum atomic E-state index is -1.00. The van der Waals surface area contributed by atoms with Gasteiger partial charge in [0.1, 0.15) is 18.1 Å². The third kappa shape index (κ3) is 4.25. The zero-order valence-electron chi connectivity index (χ0n) is 23.1. The molecule has 6 fully saturated rings. The molecule has 5 N–H and O–H groups in total. The van der Waals surface area contributed by atoms with E-state index in [1.54, 1.807) is 4.90 Å². The molecular formula is C29H41N5O5. The lowest BCUT2D eigenvalue weighted by atomic mass is 9.44. The van der Waals surface area contributed by atoms with Crippen molar-refractivity contribution >= 4 is 29.5 Å². The first-order valence-electron chi connectivity index (χ1n) is 14.5. The molecule has 10 nitrogen and oxygen atoms in total. The number of nitrogens with two attached hydrogens (primary N) is 1. The van der Waals surface area contributed by atoms with Crippen LogP contribution in [0.5, 0.6) is 0 Å². The predicted molar refractivity (Wildman–Crippen MR) is 141 cm³/mol. The van der Waals surface area contributed by atoms with Crippen LogP contribution in [0.2, 0.25) is 0 Å². The van der Waals surface area contributed by atoms with Gasteiger partial charge in [-0.15, -0.1) is 0 Å². The molecule has 0 aromatic heterocycles. The number of nitrogens with zero attached hydrogens (tertiary/aromatic N) is 1. The molecule has 0 radical (unpaired) electrons. The average molecular weight is 540 g/mol. The van der Waals surface area contributed by atoms with Gasteiger partial charge in [-0.2, -0.15) is 0 Å². The summed E-state index contributed by atoms with van der Waals surface area (Å²) in [5.74, 6) is -0.691. The van der Waals surface area contributed by atoms with Crippen LogP contribution in [-0.2, 0) is 24.0 Å². The van der Waals surface area contributed by atoms with Crippen LogP contribution in [0.15, 0.2) is 12.2 Å². The van der Waals surface area contributed by atoms with Crippen LogP contribution in [0.25, 0.3) is 0 Å². The molecule has 2 heterocycles. The highest BCUT2D eigenvalue weighted by Crippen LogP contribution is 2.64. The summed E-state index contributed by atoms with van der Waals surface area (Å²) in [6.45, 7) is 6.78. The van der Waals surface area contributed by atoms with Crippen molar-refractivity contribution in [1.82, 2.24) is 20.9 Å². The number of fused-ring (bicyclic) bond motifs is 5. The normalized spacial score (nSPS) is 38.8. The predicted octanol–water partition coefficient (Wildman–Crippen LogP) is 0.463. The molecule has 7 aliphatic rings. The lowest BCUT2D eigenvalue weighted by Crippen LogP contribution is -2.65. The average Bonchev–Trinajstić information content (AvgIpc) is 3.56. The molecule has 0 aromatic carbocycles. The fraction of sp³-hybridized carbons (Fsp3) is 0.759. The second-order valence-corrected chi connectivity index (χ2v) is 14.1. The Morgan fingerprint density at radius 3 is 2.38 bits per heavy atom. The van der Waals surface area contributed by atoms with Crippen LogP contribution in [0.1, 0.15) is 59.3 Å². The summed E-state index contributed by atoms with van der Waals surface area (Å²) < 4.78 is 0. The molecule has 4 bridgehead atoms. The van der Waals surface area contributed by atoms with Gasteiger partial charge >= 0.3 is 0 Å². The zero-order valence-corrected chi connectivity index (χ0v) is 23.1. The first-order chi connectivity index (χ1) is 18.4. The highest BCUT2D eigenvalue weighted by atomic mass is 16.2. The smallest absolute Gasteiger partial charge is 0.246 e. The highest BCUT2D eigenvalue weighted by molar-refractivity contribution is 5.96. The number of likely N-dealkylation sites (tertiary alicyclic amines) is 1. The Morgan fingerprint density at radius 2 is 1.82 bits per heavy atom. The van der Waals surface area contributed by atoms with Crippen molar-refractivity contribution in [3.63, 3.8) is 0 Å². The van der Waals surface area contributed by atoms with E-state index < -0.39 is 35.4 Å². The highest BCUT2D eigenvalue weighted by Gasteiger charge is 2.63. The van der Waals surface area contributed by atoms with E-state index in [0.29, 0.717) is 31.3 Å². The second-order valence-electron chi connectivity index (χ2n) is 14.1. The number of rotatable bonds is 8. The Kier molecular flexibility index (Phi) is 6.11. The van der Waals surface area contributed by atoms with E-state index >= 15 is 0 Å². The molecule has 2 aliphatic heterocycles. The van der Waals surface area contributed by atoms with E-state index in [0.717, 1.165) is 25.7 Å². The van der Waals surface area contributed by atoms with Gasteiger partial charge in [0.05, 0.1) is 0 Å². The fourth-order valence-corrected chi connectivity index (χ4v) is 8.29. The minimum absolute atomic E-state index is 0.0518. The van der Waals surface area contributed by atoms with Crippen LogP contribution in [0.4, 0.5) is 0 Å². The summed E-state index contributed by atoms with van der Waals surface area (Å²) in [7, 11) is 0. The van der Waals surface area contributed by atoms with Gasteiger partial charge in [0, 0.05) is 24.4 Å². The molecule has 7 rings (SSSR count). The van der Waals surface area contributed by atoms with Gasteiger partial charge in [-0.3, -0.25) is 24.0 Å². The van der Waals surface area contributed by atoms with Crippen LogP contribution in [0.3, 0.4) is 0 Å². The first kappa shape index (κ1) is 26.3. The molecule has 5 amide bonds. The zero-order chi connectivity index (χ0) is 27.9. The number of carbonyl (C=O) groups excluding carboxylic acids is 5. The van der Waals surface area contributed by atoms with Gasteiger partial charge in [0.25, 0.3) is 0 Å². The van der Waals surface area contributed by atoms with Gasteiger partial charge in [-0.1, -0.05) is 32.9 Å². The molecule has 4 saturated carbocycles. The molecule has 0 aromatic rings. The van der Waals surface area contributed by atoms with Crippen LogP contribution < -0.4 is 21.7 Å². The number of carbonyl (C=O) groups is 5. The maximum atomic E-state index is 14.3. The monoisotopic (exact) mass is 539 g/mol. The molecule has 39 heavy (non-hydrogen) atoms. The fourth-order valence-electron chi connectivity index (χ4n) is 8.29. The summed E-state index contributed by atoms with van der Waals surface area (Å²) in [4.78, 5) is 67.6. The van der Waals surface area contributed by atoms with Crippen molar-refractivity contribution in [3.05, 3.63) is 12.2 Å². The molecular weight excluding hydrogens is 498 g/mol. The summed E-state index contributed by atoms with van der Waals surface area (Å²) >= 11 is 0. The number of hydrogen-bond donors (Lipinski definition) is 4. The largest absolute Gasteiger partial charge is 0.368 e. The van der Waals surface area contributed by atoms with Crippen molar-refractivity contribution in [1.29, 1.82) is 0 Å². The topological polar surface area (TPSA) is 151 Å². The van der Waals surface area contributed by atoms with E-state index in [9.17, 15) is 24.0 Å². The molecule has 0 unspecified atom stereocenters. The van der Waals surface area contributed by atoms with Crippen molar-refractivity contribution < 1.29 is 24.0 Å². The Hall–Kier alpha value is -2.91. The maximum Gasteiger partial charge on any atom is 0.246 e. The third-order valence-corrected chi connectivity index (χ3v) is 10.6. The number of hydrogen-bond acceptors (Lipinski definition) is 5.